The summed E-state index contributed by atoms with van der Waals surface area (Å²) in [6.07, 6.45) is 11.9. The minimum atomic E-state index is 0.306. The summed E-state index contributed by atoms with van der Waals surface area (Å²) in [4.78, 5) is 2.40. The van der Waals surface area contributed by atoms with Crippen molar-refractivity contribution in [1.29, 1.82) is 0 Å². The van der Waals surface area contributed by atoms with E-state index in [1.54, 1.807) is 0 Å². The topological polar surface area (TPSA) is 3.24 Å². The minimum absolute atomic E-state index is 0.306. The summed E-state index contributed by atoms with van der Waals surface area (Å²) in [5.41, 5.74) is 6.42. The van der Waals surface area contributed by atoms with Crippen molar-refractivity contribution in [3.63, 3.8) is 0 Å². The summed E-state index contributed by atoms with van der Waals surface area (Å²) in [6.45, 7) is 26.7. The Labute approximate surface area is 223 Å². The van der Waals surface area contributed by atoms with Gasteiger partial charge in [-0.15, -0.1) is 6.58 Å². The van der Waals surface area contributed by atoms with Crippen molar-refractivity contribution < 1.29 is 0 Å². The number of nitrogens with zero attached hydrogens (tertiary/aromatic N) is 1. The fourth-order valence-electron chi connectivity index (χ4n) is 2.96. The SMILES string of the molecule is C=C(c1ccccc1)c1ccccc1.C=C/C=C(/C)C(C)=CCCN(C)CCCC.C=CC(C)(C)C. The first-order valence-corrected chi connectivity index (χ1v) is 13.1. The molecule has 2 aromatic carbocycles. The molecule has 0 aliphatic rings. The maximum atomic E-state index is 4.10. The van der Waals surface area contributed by atoms with E-state index in [4.69, 9.17) is 0 Å². The Hall–Kier alpha value is -2.90. The first kappa shape index (κ1) is 33.1. The molecule has 196 valence electrons. The number of benzene rings is 2. The van der Waals surface area contributed by atoms with Crippen LogP contribution in [0.25, 0.3) is 5.57 Å². The Morgan fingerprint density at radius 2 is 1.31 bits per heavy atom. The molecular weight excluding hydrogens is 434 g/mol. The van der Waals surface area contributed by atoms with Crippen LogP contribution in [0.4, 0.5) is 0 Å². The fraction of sp³-hybridized carbons (Fsp3) is 0.371. The smallest absolute Gasteiger partial charge is 0.00131 e. The lowest BCUT2D eigenvalue weighted by Gasteiger charge is -2.14. The summed E-state index contributed by atoms with van der Waals surface area (Å²) in [5.74, 6) is 0. The van der Waals surface area contributed by atoms with Crippen molar-refractivity contribution in [1.82, 2.24) is 4.90 Å². The van der Waals surface area contributed by atoms with Gasteiger partial charge in [0.15, 0.2) is 0 Å². The van der Waals surface area contributed by atoms with Gasteiger partial charge in [-0.2, -0.15) is 0 Å². The third-order valence-electron chi connectivity index (χ3n) is 5.70. The van der Waals surface area contributed by atoms with E-state index >= 15 is 0 Å². The molecule has 0 N–H and O–H groups in total. The summed E-state index contributed by atoms with van der Waals surface area (Å²) < 4.78 is 0. The molecule has 2 rings (SSSR count). The summed E-state index contributed by atoms with van der Waals surface area (Å²) in [6, 6.07) is 20.5. The molecule has 0 fully saturated rings. The zero-order valence-corrected chi connectivity index (χ0v) is 24.2. The molecule has 0 saturated heterocycles. The normalized spacial score (nSPS) is 11.6. The molecule has 0 aliphatic carbocycles. The van der Waals surface area contributed by atoms with E-state index in [1.165, 1.54) is 41.7 Å². The molecule has 0 aliphatic heterocycles. The Morgan fingerprint density at radius 1 is 0.833 bits per heavy atom. The van der Waals surface area contributed by atoms with Crippen molar-refractivity contribution in [3.8, 4) is 0 Å². The number of rotatable bonds is 10. The molecule has 0 radical (unpaired) electrons. The lowest BCUT2D eigenvalue weighted by atomic mass is 9.98. The molecule has 2 aromatic rings. The predicted molar refractivity (Wildman–Crippen MR) is 165 cm³/mol. The first-order valence-electron chi connectivity index (χ1n) is 13.1. The number of hydrogen-bond acceptors (Lipinski definition) is 1. The van der Waals surface area contributed by atoms with Crippen molar-refractivity contribution in [2.24, 2.45) is 5.41 Å². The van der Waals surface area contributed by atoms with Gasteiger partial charge in [0.05, 0.1) is 0 Å². The molecule has 0 amide bonds. The van der Waals surface area contributed by atoms with Crippen LogP contribution in [0.15, 0.2) is 116 Å². The van der Waals surface area contributed by atoms with E-state index in [2.05, 4.69) is 110 Å². The highest BCUT2D eigenvalue weighted by Crippen LogP contribution is 2.20. The maximum Gasteiger partial charge on any atom is 0.00131 e. The summed E-state index contributed by atoms with van der Waals surface area (Å²) in [5, 5.41) is 0. The largest absolute Gasteiger partial charge is 0.306 e. The molecule has 0 bridgehead atoms. The second kappa shape index (κ2) is 19.3. The van der Waals surface area contributed by atoms with E-state index in [1.807, 2.05) is 48.6 Å². The molecule has 0 saturated carbocycles. The standard InChI is InChI=1S/C15H27N.C14H12.C6H12/c1-6-8-12-16(5)13-9-11-15(4)14(3)10-7-2;1-12(13-8-4-2-5-9-13)14-10-6-3-7-11-14;1-5-6(2,3)4/h7,10-11H,2,6,8-9,12-13H2,1,3-5H3;2-11H,1H2;5H,1H2,2-4H3/b14-10-,15-11?;;. The van der Waals surface area contributed by atoms with Gasteiger partial charge in [0.25, 0.3) is 0 Å². The number of unbranched alkanes of at least 4 members (excludes halogenated alkanes) is 1. The summed E-state index contributed by atoms with van der Waals surface area (Å²) >= 11 is 0. The Morgan fingerprint density at radius 3 is 1.69 bits per heavy atom. The van der Waals surface area contributed by atoms with Gasteiger partial charge < -0.3 is 4.90 Å². The van der Waals surface area contributed by atoms with Crippen LogP contribution in [-0.4, -0.2) is 25.0 Å². The second-order valence-electron chi connectivity index (χ2n) is 10.2. The zero-order chi connectivity index (χ0) is 27.4. The van der Waals surface area contributed by atoms with E-state index in [9.17, 15) is 0 Å². The highest BCUT2D eigenvalue weighted by atomic mass is 15.1. The van der Waals surface area contributed by atoms with Gasteiger partial charge in [0.1, 0.15) is 0 Å². The molecule has 0 atom stereocenters. The third-order valence-corrected chi connectivity index (χ3v) is 5.70. The Balaban J connectivity index is 0.000000559. The van der Waals surface area contributed by atoms with Gasteiger partial charge >= 0.3 is 0 Å². The van der Waals surface area contributed by atoms with Crippen LogP contribution in [0.5, 0.6) is 0 Å². The van der Waals surface area contributed by atoms with Gasteiger partial charge in [-0.1, -0.05) is 138 Å². The Kier molecular flexibility index (Phi) is 17.8. The number of hydrogen-bond donors (Lipinski definition) is 0. The van der Waals surface area contributed by atoms with Crippen molar-refractivity contribution >= 4 is 5.57 Å². The fourth-order valence-corrected chi connectivity index (χ4v) is 2.96. The molecule has 36 heavy (non-hydrogen) atoms. The molecule has 0 spiro atoms. The van der Waals surface area contributed by atoms with Crippen LogP contribution in [0.1, 0.15) is 71.9 Å². The van der Waals surface area contributed by atoms with Crippen LogP contribution < -0.4 is 0 Å². The van der Waals surface area contributed by atoms with Crippen molar-refractivity contribution in [2.45, 2.75) is 60.8 Å². The first-order chi connectivity index (χ1) is 17.1. The molecule has 0 aromatic heterocycles. The van der Waals surface area contributed by atoms with E-state index in [0.717, 1.165) is 18.5 Å². The Bertz CT molecular complexity index is 882. The molecule has 0 unspecified atom stereocenters. The van der Waals surface area contributed by atoms with Gasteiger partial charge in [-0.05, 0) is 68.0 Å². The molecule has 1 nitrogen and oxygen atoms in total. The molecular formula is C35H51N. The van der Waals surface area contributed by atoms with Crippen LogP contribution in [0.3, 0.4) is 0 Å². The van der Waals surface area contributed by atoms with Crippen LogP contribution in [-0.2, 0) is 0 Å². The van der Waals surface area contributed by atoms with Crippen molar-refractivity contribution in [3.05, 3.63) is 127 Å². The zero-order valence-electron chi connectivity index (χ0n) is 24.2. The van der Waals surface area contributed by atoms with Gasteiger partial charge in [-0.25, -0.2) is 0 Å². The lowest BCUT2D eigenvalue weighted by molar-refractivity contribution is 0.334. The van der Waals surface area contributed by atoms with Crippen LogP contribution in [0, 0.1) is 5.41 Å². The van der Waals surface area contributed by atoms with E-state index < -0.39 is 0 Å². The number of allylic oxidation sites excluding steroid dienone is 5. The molecule has 0 heterocycles. The van der Waals surface area contributed by atoms with Crippen molar-refractivity contribution in [2.75, 3.05) is 20.1 Å². The second-order valence-corrected chi connectivity index (χ2v) is 10.2. The highest BCUT2D eigenvalue weighted by molar-refractivity contribution is 5.77. The quantitative estimate of drug-likeness (QED) is 0.239. The third kappa shape index (κ3) is 16.7. The molecule has 1 heteroatoms. The highest BCUT2D eigenvalue weighted by Gasteiger charge is 2.00. The van der Waals surface area contributed by atoms with Gasteiger partial charge in [0, 0.05) is 6.54 Å². The lowest BCUT2D eigenvalue weighted by Crippen LogP contribution is -2.20. The summed E-state index contributed by atoms with van der Waals surface area (Å²) in [7, 11) is 2.20. The minimum Gasteiger partial charge on any atom is -0.306 e. The van der Waals surface area contributed by atoms with Gasteiger partial charge in [0.2, 0.25) is 0 Å². The maximum absolute atomic E-state index is 4.10. The van der Waals surface area contributed by atoms with E-state index in [-0.39, 0.29) is 0 Å². The predicted octanol–water partition coefficient (Wildman–Crippen LogP) is 10.2. The average Bonchev–Trinajstić information content (AvgIpc) is 2.88. The monoisotopic (exact) mass is 485 g/mol. The van der Waals surface area contributed by atoms with Gasteiger partial charge in [-0.3, -0.25) is 0 Å². The average molecular weight is 486 g/mol. The van der Waals surface area contributed by atoms with Crippen LogP contribution in [0.2, 0.25) is 0 Å². The van der Waals surface area contributed by atoms with E-state index in [0.29, 0.717) is 5.41 Å². The van der Waals surface area contributed by atoms with Crippen LogP contribution >= 0.6 is 0 Å².